The van der Waals surface area contributed by atoms with Crippen molar-refractivity contribution >= 4 is 16.9 Å². The van der Waals surface area contributed by atoms with Gasteiger partial charge in [0.05, 0.1) is 10.8 Å². The van der Waals surface area contributed by atoms with Gasteiger partial charge < -0.3 is 0 Å². The molecule has 1 nitrogen and oxygen atoms in total. The molecule has 0 saturated carbocycles. The van der Waals surface area contributed by atoms with Crippen LogP contribution in [0.3, 0.4) is 0 Å². The second kappa shape index (κ2) is 5.55. The van der Waals surface area contributed by atoms with Gasteiger partial charge in [0.2, 0.25) is 0 Å². The zero-order chi connectivity index (χ0) is 12.1. The minimum absolute atomic E-state index is 0.272. The number of rotatable bonds is 3. The van der Waals surface area contributed by atoms with Crippen LogP contribution in [0.5, 0.6) is 0 Å². The minimum Gasteiger partial charge on any atom is -0.250 e. The van der Waals surface area contributed by atoms with E-state index in [1.54, 1.807) is 23.6 Å². The molecule has 0 heterocycles. The summed E-state index contributed by atoms with van der Waals surface area (Å²) in [7, 11) is -1.16. The molecule has 1 atom stereocenters. The highest BCUT2D eigenvalue weighted by Gasteiger charge is 1.97. The molecule has 0 aliphatic heterocycles. The van der Waals surface area contributed by atoms with Crippen molar-refractivity contribution in [1.29, 1.82) is 0 Å². The molecule has 2 aromatic carbocycles. The Balaban J connectivity index is 2.11. The van der Waals surface area contributed by atoms with Crippen molar-refractivity contribution in [1.82, 2.24) is 0 Å². The first-order valence-electron chi connectivity index (χ1n) is 5.15. The largest absolute Gasteiger partial charge is 0.250 e. The summed E-state index contributed by atoms with van der Waals surface area (Å²) in [5.74, 6) is -0.272. The predicted molar refractivity (Wildman–Crippen MR) is 68.3 cm³/mol. The lowest BCUT2D eigenvalue weighted by Crippen LogP contribution is -1.84. The standard InChI is InChI=1S/C14H11FOS/c15-13-8-6-12(7-9-13)10-11-17(16)14-4-2-1-3-5-14/h1-11H/b11-10+. The number of halogens is 1. The molecule has 0 fully saturated rings. The van der Waals surface area contributed by atoms with Gasteiger partial charge in [0, 0.05) is 10.3 Å². The average molecular weight is 246 g/mol. The summed E-state index contributed by atoms with van der Waals surface area (Å²) < 4.78 is 24.5. The fourth-order valence-electron chi connectivity index (χ4n) is 1.35. The lowest BCUT2D eigenvalue weighted by Gasteiger charge is -1.96. The average Bonchev–Trinajstić information content (AvgIpc) is 2.39. The first-order valence-corrected chi connectivity index (χ1v) is 6.36. The molecule has 0 aliphatic rings. The fraction of sp³-hybridized carbons (Fsp3) is 0. The lowest BCUT2D eigenvalue weighted by molar-refractivity contribution is 0.628. The molecule has 0 aliphatic carbocycles. The Morgan fingerprint density at radius 2 is 1.59 bits per heavy atom. The van der Waals surface area contributed by atoms with Gasteiger partial charge in [-0.3, -0.25) is 0 Å². The van der Waals surface area contributed by atoms with Gasteiger partial charge in [0.25, 0.3) is 0 Å². The van der Waals surface area contributed by atoms with Gasteiger partial charge >= 0.3 is 0 Å². The molecule has 0 spiro atoms. The van der Waals surface area contributed by atoms with E-state index in [1.165, 1.54) is 12.1 Å². The summed E-state index contributed by atoms with van der Waals surface area (Å²) in [4.78, 5) is 0.755. The minimum atomic E-state index is -1.16. The molecule has 2 rings (SSSR count). The summed E-state index contributed by atoms with van der Waals surface area (Å²) >= 11 is 0. The topological polar surface area (TPSA) is 17.1 Å². The predicted octanol–water partition coefficient (Wildman–Crippen LogP) is 3.60. The second-order valence-corrected chi connectivity index (χ2v) is 4.80. The van der Waals surface area contributed by atoms with E-state index in [4.69, 9.17) is 0 Å². The maximum atomic E-state index is 12.7. The molecule has 0 N–H and O–H groups in total. The summed E-state index contributed by atoms with van der Waals surface area (Å²) in [5, 5.41) is 1.60. The van der Waals surface area contributed by atoms with Crippen LogP contribution in [0.4, 0.5) is 4.39 Å². The van der Waals surface area contributed by atoms with Crippen molar-refractivity contribution in [2.45, 2.75) is 4.90 Å². The molecule has 17 heavy (non-hydrogen) atoms. The van der Waals surface area contributed by atoms with Crippen LogP contribution in [0, 0.1) is 5.82 Å². The highest BCUT2D eigenvalue weighted by atomic mass is 32.2. The number of hydrogen-bond acceptors (Lipinski definition) is 1. The molecule has 0 aromatic heterocycles. The van der Waals surface area contributed by atoms with E-state index in [1.807, 2.05) is 30.3 Å². The van der Waals surface area contributed by atoms with Crippen molar-refractivity contribution in [2.75, 3.05) is 0 Å². The summed E-state index contributed by atoms with van der Waals surface area (Å²) in [5.41, 5.74) is 0.829. The molecule has 0 saturated heterocycles. The highest BCUT2D eigenvalue weighted by Crippen LogP contribution is 2.10. The molecule has 86 valence electrons. The molecule has 0 amide bonds. The number of benzene rings is 2. The van der Waals surface area contributed by atoms with Crippen molar-refractivity contribution < 1.29 is 8.60 Å². The van der Waals surface area contributed by atoms with Crippen LogP contribution in [0.1, 0.15) is 5.56 Å². The summed E-state index contributed by atoms with van der Waals surface area (Å²) in [6.07, 6.45) is 1.72. The van der Waals surface area contributed by atoms with E-state index in [-0.39, 0.29) is 5.82 Å². The maximum absolute atomic E-state index is 12.7. The third-order valence-corrected chi connectivity index (χ3v) is 3.35. The molecular weight excluding hydrogens is 235 g/mol. The Kier molecular flexibility index (Phi) is 3.83. The van der Waals surface area contributed by atoms with Crippen LogP contribution in [0.25, 0.3) is 6.08 Å². The normalized spacial score (nSPS) is 12.8. The number of hydrogen-bond donors (Lipinski definition) is 0. The molecule has 0 bridgehead atoms. The van der Waals surface area contributed by atoms with Crippen molar-refractivity contribution in [3.05, 3.63) is 71.4 Å². The lowest BCUT2D eigenvalue weighted by atomic mass is 10.2. The Morgan fingerprint density at radius 1 is 0.941 bits per heavy atom. The molecule has 3 heteroatoms. The Hall–Kier alpha value is -1.74. The van der Waals surface area contributed by atoms with Crippen molar-refractivity contribution in [2.24, 2.45) is 0 Å². The first kappa shape index (κ1) is 11.7. The molecule has 0 radical (unpaired) electrons. The van der Waals surface area contributed by atoms with Crippen LogP contribution in [0.15, 0.2) is 64.9 Å². The van der Waals surface area contributed by atoms with Crippen molar-refractivity contribution in [3.63, 3.8) is 0 Å². The van der Waals surface area contributed by atoms with Crippen LogP contribution < -0.4 is 0 Å². The first-order chi connectivity index (χ1) is 8.25. The van der Waals surface area contributed by atoms with E-state index < -0.39 is 10.8 Å². The molecular formula is C14H11FOS. The quantitative estimate of drug-likeness (QED) is 0.808. The van der Waals surface area contributed by atoms with Gasteiger partial charge in [0.15, 0.2) is 0 Å². The smallest absolute Gasteiger partial charge is 0.123 e. The SMILES string of the molecule is O=S(/C=C/c1ccc(F)cc1)c1ccccc1. The Morgan fingerprint density at radius 3 is 2.24 bits per heavy atom. The van der Waals surface area contributed by atoms with Gasteiger partial charge in [-0.1, -0.05) is 30.3 Å². The zero-order valence-corrected chi connectivity index (χ0v) is 9.86. The van der Waals surface area contributed by atoms with Crippen LogP contribution in [-0.2, 0) is 10.8 Å². The fourth-order valence-corrected chi connectivity index (χ4v) is 2.21. The van der Waals surface area contributed by atoms with E-state index >= 15 is 0 Å². The summed E-state index contributed by atoms with van der Waals surface area (Å²) in [6, 6.07) is 15.2. The Bertz CT molecular complexity index is 532. The van der Waals surface area contributed by atoms with Crippen molar-refractivity contribution in [3.8, 4) is 0 Å². The molecule has 2 aromatic rings. The second-order valence-electron chi connectivity index (χ2n) is 3.46. The van der Waals surface area contributed by atoms with Gasteiger partial charge in [0.1, 0.15) is 5.82 Å². The third kappa shape index (κ3) is 3.36. The van der Waals surface area contributed by atoms with E-state index in [2.05, 4.69) is 0 Å². The van der Waals surface area contributed by atoms with Gasteiger partial charge in [-0.2, -0.15) is 0 Å². The highest BCUT2D eigenvalue weighted by molar-refractivity contribution is 7.88. The third-order valence-electron chi connectivity index (χ3n) is 2.23. The van der Waals surface area contributed by atoms with E-state index in [9.17, 15) is 8.60 Å². The van der Waals surface area contributed by atoms with Gasteiger partial charge in [-0.25, -0.2) is 8.60 Å². The van der Waals surface area contributed by atoms with Gasteiger partial charge in [-0.05, 0) is 35.9 Å². The van der Waals surface area contributed by atoms with Crippen LogP contribution in [-0.4, -0.2) is 4.21 Å². The molecule has 1 unspecified atom stereocenters. The van der Waals surface area contributed by atoms with Crippen LogP contribution in [0.2, 0.25) is 0 Å². The summed E-state index contributed by atoms with van der Waals surface area (Å²) in [6.45, 7) is 0. The maximum Gasteiger partial charge on any atom is 0.123 e. The Labute approximate surface area is 102 Å². The monoisotopic (exact) mass is 246 g/mol. The van der Waals surface area contributed by atoms with Gasteiger partial charge in [-0.15, -0.1) is 0 Å². The zero-order valence-electron chi connectivity index (χ0n) is 9.05. The van der Waals surface area contributed by atoms with E-state index in [0.717, 1.165) is 10.5 Å². The van der Waals surface area contributed by atoms with E-state index in [0.29, 0.717) is 0 Å². The van der Waals surface area contributed by atoms with Crippen LogP contribution >= 0.6 is 0 Å².